The van der Waals surface area contributed by atoms with E-state index in [1.807, 2.05) is 0 Å². The van der Waals surface area contributed by atoms with E-state index in [9.17, 15) is 0 Å². The summed E-state index contributed by atoms with van der Waals surface area (Å²) in [6, 6.07) is 0. The molecule has 0 aromatic rings. The van der Waals surface area contributed by atoms with E-state index in [2.05, 4.69) is 26.5 Å². The molecule has 0 aromatic heterocycles. The van der Waals surface area contributed by atoms with Gasteiger partial charge in [0.25, 0.3) is 0 Å². The lowest BCUT2D eigenvalue weighted by Gasteiger charge is -2.40. The summed E-state index contributed by atoms with van der Waals surface area (Å²) in [5.74, 6) is 1.65. The zero-order valence-corrected chi connectivity index (χ0v) is 9.07. The Labute approximate surface area is 81.3 Å². The smallest absolute Gasteiger partial charge is 0.0530 e. The van der Waals surface area contributed by atoms with Gasteiger partial charge in [0.15, 0.2) is 0 Å². The van der Waals surface area contributed by atoms with E-state index >= 15 is 0 Å². The van der Waals surface area contributed by atoms with Crippen molar-refractivity contribution in [3.05, 3.63) is 0 Å². The minimum absolute atomic E-state index is 0.442. The fraction of sp³-hybridized carbons (Fsp3) is 1.00. The first-order valence-electron chi connectivity index (χ1n) is 4.87. The molecule has 72 valence electrons. The number of thiol groups is 1. The Balaban J connectivity index is 2.12. The first kappa shape index (κ1) is 10.4. The second-order valence-electron chi connectivity index (χ2n) is 4.42. The van der Waals surface area contributed by atoms with Gasteiger partial charge < -0.3 is 4.74 Å². The van der Waals surface area contributed by atoms with Crippen molar-refractivity contribution >= 4 is 12.6 Å². The predicted molar refractivity (Wildman–Crippen MR) is 55.8 cm³/mol. The lowest BCUT2D eigenvalue weighted by Crippen LogP contribution is -2.36. The van der Waals surface area contributed by atoms with Gasteiger partial charge >= 0.3 is 0 Å². The Morgan fingerprint density at radius 1 is 1.42 bits per heavy atom. The van der Waals surface area contributed by atoms with Crippen molar-refractivity contribution in [1.82, 2.24) is 0 Å². The van der Waals surface area contributed by atoms with Gasteiger partial charge in [-0.3, -0.25) is 0 Å². The maximum atomic E-state index is 5.64. The summed E-state index contributed by atoms with van der Waals surface area (Å²) >= 11 is 4.38. The molecule has 0 saturated heterocycles. The summed E-state index contributed by atoms with van der Waals surface area (Å²) in [7, 11) is 0. The molecule has 0 bridgehead atoms. The fourth-order valence-electron chi connectivity index (χ4n) is 1.54. The molecule has 0 aliphatic heterocycles. The molecule has 0 heterocycles. The predicted octanol–water partition coefficient (Wildman–Crippen LogP) is 2.76. The molecule has 0 amide bonds. The quantitative estimate of drug-likeness (QED) is 0.653. The van der Waals surface area contributed by atoms with E-state index in [1.165, 1.54) is 19.3 Å². The van der Waals surface area contributed by atoms with Gasteiger partial charge in [0.1, 0.15) is 0 Å². The monoisotopic (exact) mass is 188 g/mol. The van der Waals surface area contributed by atoms with Crippen molar-refractivity contribution in [2.75, 3.05) is 19.0 Å². The summed E-state index contributed by atoms with van der Waals surface area (Å²) < 4.78 is 5.64. The second-order valence-corrected chi connectivity index (χ2v) is 4.74. The maximum Gasteiger partial charge on any atom is 0.0530 e. The van der Waals surface area contributed by atoms with E-state index in [0.29, 0.717) is 11.3 Å². The third kappa shape index (κ3) is 2.67. The largest absolute Gasteiger partial charge is 0.381 e. The highest BCUT2D eigenvalue weighted by Crippen LogP contribution is 2.41. The van der Waals surface area contributed by atoms with Crippen LogP contribution in [-0.2, 0) is 4.74 Å². The highest BCUT2D eigenvalue weighted by molar-refractivity contribution is 7.80. The molecular weight excluding hydrogens is 168 g/mol. The van der Waals surface area contributed by atoms with Gasteiger partial charge in [-0.15, -0.1) is 0 Å². The van der Waals surface area contributed by atoms with Crippen LogP contribution in [0.2, 0.25) is 0 Å². The normalized spacial score (nSPS) is 21.0. The van der Waals surface area contributed by atoms with Crippen LogP contribution in [0.1, 0.15) is 33.1 Å². The molecule has 1 fully saturated rings. The maximum absolute atomic E-state index is 5.64. The second kappa shape index (κ2) is 4.52. The van der Waals surface area contributed by atoms with Crippen LogP contribution in [0.25, 0.3) is 0 Å². The fourth-order valence-corrected chi connectivity index (χ4v) is 1.94. The lowest BCUT2D eigenvalue weighted by molar-refractivity contribution is 0.000393. The molecule has 12 heavy (non-hydrogen) atoms. The molecular formula is C10H20OS. The van der Waals surface area contributed by atoms with Crippen molar-refractivity contribution < 1.29 is 4.74 Å². The van der Waals surface area contributed by atoms with Crippen LogP contribution in [0.3, 0.4) is 0 Å². The highest BCUT2D eigenvalue weighted by Gasteiger charge is 2.35. The van der Waals surface area contributed by atoms with Crippen LogP contribution < -0.4 is 0 Å². The van der Waals surface area contributed by atoms with Gasteiger partial charge in [0, 0.05) is 12.0 Å². The average molecular weight is 188 g/mol. The van der Waals surface area contributed by atoms with E-state index in [4.69, 9.17) is 4.74 Å². The molecule has 0 N–H and O–H groups in total. The van der Waals surface area contributed by atoms with Crippen molar-refractivity contribution in [2.24, 2.45) is 11.3 Å². The molecule has 0 atom stereocenters. The van der Waals surface area contributed by atoms with Crippen LogP contribution in [-0.4, -0.2) is 19.0 Å². The van der Waals surface area contributed by atoms with Gasteiger partial charge in [-0.25, -0.2) is 0 Å². The van der Waals surface area contributed by atoms with Gasteiger partial charge in [-0.1, -0.05) is 20.3 Å². The van der Waals surface area contributed by atoms with Crippen molar-refractivity contribution in [1.29, 1.82) is 0 Å². The third-order valence-corrected chi connectivity index (χ3v) is 3.28. The molecule has 1 aliphatic carbocycles. The van der Waals surface area contributed by atoms with Crippen molar-refractivity contribution in [2.45, 2.75) is 33.1 Å². The van der Waals surface area contributed by atoms with Crippen LogP contribution in [0, 0.1) is 11.3 Å². The number of hydrogen-bond acceptors (Lipinski definition) is 2. The zero-order chi connectivity index (χ0) is 9.03. The topological polar surface area (TPSA) is 9.23 Å². The molecule has 0 unspecified atom stereocenters. The molecule has 0 spiro atoms. The molecule has 2 heteroatoms. The standard InChI is InChI=1S/C10H20OS/c1-9(2)6-11-7-10(8-12)4-3-5-10/h9,12H,3-8H2,1-2H3. The van der Waals surface area contributed by atoms with Crippen LogP contribution in [0.5, 0.6) is 0 Å². The number of hydrogen-bond donors (Lipinski definition) is 1. The van der Waals surface area contributed by atoms with E-state index in [0.717, 1.165) is 19.0 Å². The lowest BCUT2D eigenvalue weighted by atomic mass is 9.71. The molecule has 0 radical (unpaired) electrons. The summed E-state index contributed by atoms with van der Waals surface area (Å²) in [6.07, 6.45) is 3.99. The number of rotatable bonds is 5. The molecule has 0 aromatic carbocycles. The highest BCUT2D eigenvalue weighted by atomic mass is 32.1. The summed E-state index contributed by atoms with van der Waals surface area (Å²) in [5, 5.41) is 0. The van der Waals surface area contributed by atoms with Crippen LogP contribution >= 0.6 is 12.6 Å². The SMILES string of the molecule is CC(C)COCC1(CS)CCC1. The van der Waals surface area contributed by atoms with E-state index in [1.54, 1.807) is 0 Å². The average Bonchev–Trinajstić information content (AvgIpc) is 1.94. The van der Waals surface area contributed by atoms with Gasteiger partial charge in [0.2, 0.25) is 0 Å². The van der Waals surface area contributed by atoms with E-state index < -0.39 is 0 Å². The summed E-state index contributed by atoms with van der Waals surface area (Å²) in [4.78, 5) is 0. The molecule has 1 aliphatic rings. The first-order chi connectivity index (χ1) is 5.68. The molecule has 1 nitrogen and oxygen atoms in total. The van der Waals surface area contributed by atoms with Crippen molar-refractivity contribution in [3.63, 3.8) is 0 Å². The first-order valence-corrected chi connectivity index (χ1v) is 5.50. The third-order valence-electron chi connectivity index (χ3n) is 2.61. The summed E-state index contributed by atoms with van der Waals surface area (Å²) in [5.41, 5.74) is 0.442. The Morgan fingerprint density at radius 3 is 2.42 bits per heavy atom. The van der Waals surface area contributed by atoms with Crippen LogP contribution in [0.4, 0.5) is 0 Å². The molecule has 1 saturated carbocycles. The summed E-state index contributed by atoms with van der Waals surface area (Å²) in [6.45, 7) is 6.20. The van der Waals surface area contributed by atoms with Gasteiger partial charge in [-0.2, -0.15) is 12.6 Å². The van der Waals surface area contributed by atoms with Gasteiger partial charge in [0.05, 0.1) is 6.61 Å². The van der Waals surface area contributed by atoms with Gasteiger partial charge in [-0.05, 0) is 24.5 Å². The van der Waals surface area contributed by atoms with Crippen molar-refractivity contribution in [3.8, 4) is 0 Å². The van der Waals surface area contributed by atoms with Crippen LogP contribution in [0.15, 0.2) is 0 Å². The zero-order valence-electron chi connectivity index (χ0n) is 8.18. The Hall–Kier alpha value is 0.310. The Bertz CT molecular complexity index is 124. The van der Waals surface area contributed by atoms with E-state index in [-0.39, 0.29) is 0 Å². The minimum Gasteiger partial charge on any atom is -0.381 e. The molecule has 1 rings (SSSR count). The minimum atomic E-state index is 0.442. The number of ether oxygens (including phenoxy) is 1. The Kier molecular flexibility index (Phi) is 3.91. The Morgan fingerprint density at radius 2 is 2.08 bits per heavy atom.